The number of nitrogens with one attached hydrogen (secondary N) is 2. The number of benzene rings is 1. The number of halogens is 1. The van der Waals surface area contributed by atoms with Crippen molar-refractivity contribution >= 4 is 44.8 Å². The van der Waals surface area contributed by atoms with Gasteiger partial charge >= 0.3 is 11.8 Å². The zero-order chi connectivity index (χ0) is 18.7. The first-order valence-electron chi connectivity index (χ1n) is 7.78. The summed E-state index contributed by atoms with van der Waals surface area (Å²) in [5.41, 5.74) is 0.544. The second kappa shape index (κ2) is 7.38. The van der Waals surface area contributed by atoms with E-state index < -0.39 is 21.8 Å². The molecule has 2 amide bonds. The van der Waals surface area contributed by atoms with Crippen LogP contribution in [0.25, 0.3) is 0 Å². The molecule has 3 rings (SSSR count). The Labute approximate surface area is 155 Å². The quantitative estimate of drug-likeness (QED) is 0.763. The number of hydrogen-bond donors (Lipinski definition) is 2. The number of carbonyl (C=O) groups excluding carboxylic acids is 2. The van der Waals surface area contributed by atoms with Crippen molar-refractivity contribution in [3.8, 4) is 0 Å². The third-order valence-corrected chi connectivity index (χ3v) is 5.96. The SMILES string of the molecule is O=C(NCc1ccco1)C(=O)Nc1ccc(Cl)c(N2CCCS2(=O)=O)c1. The van der Waals surface area contributed by atoms with E-state index in [9.17, 15) is 18.0 Å². The Bertz CT molecular complexity index is 927. The summed E-state index contributed by atoms with van der Waals surface area (Å²) in [7, 11) is -3.41. The smallest absolute Gasteiger partial charge is 0.313 e. The summed E-state index contributed by atoms with van der Waals surface area (Å²) in [4.78, 5) is 23.9. The summed E-state index contributed by atoms with van der Waals surface area (Å²) >= 11 is 6.10. The first kappa shape index (κ1) is 18.3. The van der Waals surface area contributed by atoms with E-state index in [1.54, 1.807) is 12.1 Å². The standard InChI is InChI=1S/C16H16ClN3O5S/c17-13-5-4-11(9-14(13)20-6-2-8-26(20,23)24)19-16(22)15(21)18-10-12-3-1-7-25-12/h1,3-5,7,9H,2,6,8,10H2,(H,18,21)(H,19,22). The number of anilines is 2. The number of nitrogens with zero attached hydrogens (tertiary/aromatic N) is 1. The van der Waals surface area contributed by atoms with Gasteiger partial charge in [0.2, 0.25) is 10.0 Å². The average molecular weight is 398 g/mol. The van der Waals surface area contributed by atoms with Crippen LogP contribution in [0, 0.1) is 0 Å². The average Bonchev–Trinajstić information content (AvgIpc) is 3.23. The molecule has 0 spiro atoms. The summed E-state index contributed by atoms with van der Waals surface area (Å²) in [5, 5.41) is 5.10. The fourth-order valence-corrected chi connectivity index (χ4v) is 4.38. The minimum absolute atomic E-state index is 0.0507. The Balaban J connectivity index is 1.69. The first-order valence-corrected chi connectivity index (χ1v) is 9.77. The van der Waals surface area contributed by atoms with Crippen LogP contribution in [0.1, 0.15) is 12.2 Å². The van der Waals surface area contributed by atoms with Crippen LogP contribution in [0.5, 0.6) is 0 Å². The monoisotopic (exact) mass is 397 g/mol. The third-order valence-electron chi connectivity index (χ3n) is 3.78. The van der Waals surface area contributed by atoms with Gasteiger partial charge in [-0.05, 0) is 36.8 Å². The maximum Gasteiger partial charge on any atom is 0.313 e. The number of amides is 2. The van der Waals surface area contributed by atoms with Crippen molar-refractivity contribution < 1.29 is 22.4 Å². The Morgan fingerprint density at radius 3 is 2.69 bits per heavy atom. The molecule has 0 aliphatic carbocycles. The van der Waals surface area contributed by atoms with Crippen LogP contribution in [0.15, 0.2) is 41.0 Å². The Morgan fingerprint density at radius 2 is 2.04 bits per heavy atom. The molecule has 1 aliphatic rings. The highest BCUT2D eigenvalue weighted by molar-refractivity contribution is 7.93. The molecule has 10 heteroatoms. The highest BCUT2D eigenvalue weighted by Gasteiger charge is 2.30. The van der Waals surface area contributed by atoms with Crippen molar-refractivity contribution in [2.45, 2.75) is 13.0 Å². The summed E-state index contributed by atoms with van der Waals surface area (Å²) in [5.74, 6) is -1.16. The van der Waals surface area contributed by atoms with E-state index in [0.29, 0.717) is 18.7 Å². The van der Waals surface area contributed by atoms with Gasteiger partial charge < -0.3 is 15.1 Å². The Morgan fingerprint density at radius 1 is 1.23 bits per heavy atom. The molecule has 2 heterocycles. The van der Waals surface area contributed by atoms with Crippen LogP contribution < -0.4 is 14.9 Å². The van der Waals surface area contributed by atoms with Crippen molar-refractivity contribution in [1.29, 1.82) is 0 Å². The molecule has 1 aliphatic heterocycles. The third kappa shape index (κ3) is 4.00. The van der Waals surface area contributed by atoms with E-state index in [4.69, 9.17) is 16.0 Å². The Hall–Kier alpha value is -2.52. The molecule has 8 nitrogen and oxygen atoms in total. The minimum atomic E-state index is -3.41. The van der Waals surface area contributed by atoms with Crippen molar-refractivity contribution in [3.05, 3.63) is 47.4 Å². The highest BCUT2D eigenvalue weighted by atomic mass is 35.5. The van der Waals surface area contributed by atoms with Gasteiger partial charge in [0.1, 0.15) is 5.76 Å². The van der Waals surface area contributed by atoms with E-state index in [2.05, 4.69) is 10.6 Å². The number of sulfonamides is 1. The van der Waals surface area contributed by atoms with Crippen LogP contribution in [0.2, 0.25) is 5.02 Å². The molecule has 1 aromatic carbocycles. The van der Waals surface area contributed by atoms with Crippen LogP contribution in [0.4, 0.5) is 11.4 Å². The van der Waals surface area contributed by atoms with Crippen LogP contribution >= 0.6 is 11.6 Å². The van der Waals surface area contributed by atoms with Crippen LogP contribution in [-0.2, 0) is 26.2 Å². The van der Waals surface area contributed by atoms with E-state index >= 15 is 0 Å². The molecule has 0 atom stereocenters. The number of rotatable bonds is 4. The molecule has 0 saturated carbocycles. The van der Waals surface area contributed by atoms with E-state index in [0.717, 1.165) is 0 Å². The van der Waals surface area contributed by atoms with Gasteiger partial charge in [-0.2, -0.15) is 0 Å². The number of hydrogen-bond acceptors (Lipinski definition) is 5. The molecule has 0 unspecified atom stereocenters. The van der Waals surface area contributed by atoms with E-state index in [-0.39, 0.29) is 28.7 Å². The summed E-state index contributed by atoms with van der Waals surface area (Å²) in [6.45, 7) is 0.403. The van der Waals surface area contributed by atoms with E-state index in [1.807, 2.05) is 0 Å². The maximum absolute atomic E-state index is 12.1. The normalized spacial score (nSPS) is 15.7. The topological polar surface area (TPSA) is 109 Å². The minimum Gasteiger partial charge on any atom is -0.467 e. The van der Waals surface area contributed by atoms with Gasteiger partial charge in [-0.1, -0.05) is 11.6 Å². The second-order valence-corrected chi connectivity index (χ2v) is 8.04. The lowest BCUT2D eigenvalue weighted by molar-refractivity contribution is -0.136. The van der Waals surface area contributed by atoms with Crippen molar-refractivity contribution in [2.24, 2.45) is 0 Å². The Kier molecular flexibility index (Phi) is 5.19. The lowest BCUT2D eigenvalue weighted by atomic mass is 10.2. The molecule has 0 radical (unpaired) electrons. The predicted octanol–water partition coefficient (Wildman–Crippen LogP) is 1.73. The summed E-state index contributed by atoms with van der Waals surface area (Å²) in [6, 6.07) is 7.74. The van der Waals surface area contributed by atoms with E-state index in [1.165, 1.54) is 28.8 Å². The molecule has 0 bridgehead atoms. The first-order chi connectivity index (χ1) is 12.4. The fraction of sp³-hybridized carbons (Fsp3) is 0.250. The van der Waals surface area contributed by atoms with Gasteiger partial charge in [0.15, 0.2) is 0 Å². The van der Waals surface area contributed by atoms with Crippen LogP contribution in [0.3, 0.4) is 0 Å². The molecular formula is C16H16ClN3O5S. The fourth-order valence-electron chi connectivity index (χ4n) is 2.54. The molecule has 1 aromatic heterocycles. The van der Waals surface area contributed by atoms with Crippen molar-refractivity contribution in [3.63, 3.8) is 0 Å². The zero-order valence-electron chi connectivity index (χ0n) is 13.6. The van der Waals surface area contributed by atoms with Crippen molar-refractivity contribution in [1.82, 2.24) is 5.32 Å². The van der Waals surface area contributed by atoms with Gasteiger partial charge in [0.25, 0.3) is 0 Å². The molecular weight excluding hydrogens is 382 g/mol. The van der Waals surface area contributed by atoms with Gasteiger partial charge in [0.05, 0.1) is 29.3 Å². The van der Waals surface area contributed by atoms with Gasteiger partial charge in [0, 0.05) is 12.2 Å². The zero-order valence-corrected chi connectivity index (χ0v) is 15.1. The summed E-state index contributed by atoms with van der Waals surface area (Å²) < 4.78 is 30.4. The largest absolute Gasteiger partial charge is 0.467 e. The molecule has 138 valence electrons. The van der Waals surface area contributed by atoms with Gasteiger partial charge in [-0.3, -0.25) is 13.9 Å². The maximum atomic E-state index is 12.1. The number of furan rings is 1. The number of carbonyl (C=O) groups is 2. The predicted molar refractivity (Wildman–Crippen MR) is 96.4 cm³/mol. The summed E-state index contributed by atoms with van der Waals surface area (Å²) in [6.07, 6.45) is 1.97. The molecule has 2 aromatic rings. The molecule has 1 fully saturated rings. The second-order valence-electron chi connectivity index (χ2n) is 5.62. The van der Waals surface area contributed by atoms with Crippen LogP contribution in [-0.4, -0.2) is 32.5 Å². The van der Waals surface area contributed by atoms with Crippen molar-refractivity contribution in [2.75, 3.05) is 21.9 Å². The highest BCUT2D eigenvalue weighted by Crippen LogP contribution is 2.33. The molecule has 1 saturated heterocycles. The van der Waals surface area contributed by atoms with Gasteiger partial charge in [-0.25, -0.2) is 8.42 Å². The lowest BCUT2D eigenvalue weighted by Gasteiger charge is -2.19. The molecule has 2 N–H and O–H groups in total. The van der Waals surface area contributed by atoms with Gasteiger partial charge in [-0.15, -0.1) is 0 Å². The molecule has 26 heavy (non-hydrogen) atoms. The lowest BCUT2D eigenvalue weighted by Crippen LogP contribution is -2.35.